The van der Waals surface area contributed by atoms with Gasteiger partial charge < -0.3 is 19.6 Å². The van der Waals surface area contributed by atoms with Crippen LogP contribution in [0.4, 0.5) is 10.3 Å². The van der Waals surface area contributed by atoms with Gasteiger partial charge in [0.15, 0.2) is 10.3 Å². The number of anilines is 2. The predicted molar refractivity (Wildman–Crippen MR) is 190 cm³/mol. The van der Waals surface area contributed by atoms with E-state index in [0.29, 0.717) is 12.8 Å². The second kappa shape index (κ2) is 16.2. The predicted octanol–water partition coefficient (Wildman–Crippen LogP) is 6.08. The number of nitrogens with zero attached hydrogens (tertiary/aromatic N) is 6. The number of aryl methyl sites for hydroxylation is 6. The molecule has 0 N–H and O–H groups in total. The molecular formula is C36H46N6O2S2. The maximum Gasteiger partial charge on any atom is 0.223 e. The van der Waals surface area contributed by atoms with E-state index in [4.69, 9.17) is 0 Å². The highest BCUT2D eigenvalue weighted by Crippen LogP contribution is 2.21. The summed E-state index contributed by atoms with van der Waals surface area (Å²) >= 11 is 3.32. The van der Waals surface area contributed by atoms with Gasteiger partial charge in [-0.15, -0.1) is 22.7 Å². The lowest BCUT2D eigenvalue weighted by molar-refractivity contribution is -0.132. The van der Waals surface area contributed by atoms with Crippen molar-refractivity contribution in [2.75, 3.05) is 62.2 Å². The summed E-state index contributed by atoms with van der Waals surface area (Å²) in [5.74, 6) is 0.532. The normalized spacial score (nSPS) is 15.0. The SMILES string of the molecule is Cc1ccc(CCC(=O)N2CCN(c3nccs3)CC2)cc1C.Cc1ccc(CCC(=O)N2CCN(c3nccs3)CC2)cc1C. The van der Waals surface area contributed by atoms with Crippen LogP contribution in [0.15, 0.2) is 59.6 Å². The van der Waals surface area contributed by atoms with Gasteiger partial charge in [0.2, 0.25) is 11.8 Å². The molecule has 0 spiro atoms. The maximum absolute atomic E-state index is 12.4. The van der Waals surface area contributed by atoms with E-state index in [0.717, 1.165) is 75.5 Å². The molecule has 2 saturated heterocycles. The van der Waals surface area contributed by atoms with Gasteiger partial charge in [0.25, 0.3) is 0 Å². The lowest BCUT2D eigenvalue weighted by atomic mass is 10.0. The summed E-state index contributed by atoms with van der Waals surface area (Å²) in [5.41, 5.74) is 7.71. The van der Waals surface area contributed by atoms with Crippen molar-refractivity contribution in [3.63, 3.8) is 0 Å². The number of rotatable bonds is 8. The van der Waals surface area contributed by atoms with Crippen molar-refractivity contribution >= 4 is 44.8 Å². The zero-order chi connectivity index (χ0) is 32.5. The number of hydrogen-bond donors (Lipinski definition) is 0. The van der Waals surface area contributed by atoms with Gasteiger partial charge in [-0.25, -0.2) is 9.97 Å². The van der Waals surface area contributed by atoms with Crippen LogP contribution in [0.1, 0.15) is 46.2 Å². The molecule has 8 nitrogen and oxygen atoms in total. The van der Waals surface area contributed by atoms with Gasteiger partial charge in [-0.3, -0.25) is 9.59 Å². The van der Waals surface area contributed by atoms with Gasteiger partial charge in [0.05, 0.1) is 0 Å². The fourth-order valence-corrected chi connectivity index (χ4v) is 7.17. The van der Waals surface area contributed by atoms with Crippen molar-refractivity contribution in [2.45, 2.75) is 53.4 Å². The first-order valence-electron chi connectivity index (χ1n) is 16.2. The number of carbonyl (C=O) groups excluding carboxylic acids is 2. The Labute approximate surface area is 281 Å². The van der Waals surface area contributed by atoms with Gasteiger partial charge in [-0.05, 0) is 73.9 Å². The molecule has 0 saturated carbocycles. The number of thiazole rings is 2. The van der Waals surface area contributed by atoms with Crippen molar-refractivity contribution in [3.8, 4) is 0 Å². The number of carbonyl (C=O) groups is 2. The van der Waals surface area contributed by atoms with Crippen molar-refractivity contribution < 1.29 is 9.59 Å². The lowest BCUT2D eigenvalue weighted by Crippen LogP contribution is -2.48. The van der Waals surface area contributed by atoms with E-state index in [9.17, 15) is 9.59 Å². The third-order valence-corrected chi connectivity index (χ3v) is 10.7. The summed E-state index contributed by atoms with van der Waals surface area (Å²) in [4.78, 5) is 42.0. The standard InChI is InChI=1S/2C18H23N3OS/c2*1-14-3-4-16(13-15(14)2)5-6-17(22)20-8-10-21(11-9-20)18-19-7-12-23-18/h2*3-4,7,12-13H,5-6,8-11H2,1-2H3. The molecule has 244 valence electrons. The van der Waals surface area contributed by atoms with Gasteiger partial charge in [-0.1, -0.05) is 36.4 Å². The summed E-state index contributed by atoms with van der Waals surface area (Å²) in [6.45, 7) is 15.2. The first-order valence-corrected chi connectivity index (χ1v) is 18.0. The van der Waals surface area contributed by atoms with Crippen LogP contribution in [0.25, 0.3) is 0 Å². The first-order chi connectivity index (χ1) is 22.3. The Morgan fingerprint density at radius 1 is 0.587 bits per heavy atom. The Bertz CT molecular complexity index is 1440. The van der Waals surface area contributed by atoms with E-state index in [1.165, 1.54) is 33.4 Å². The van der Waals surface area contributed by atoms with Crippen LogP contribution in [0.3, 0.4) is 0 Å². The number of piperazine rings is 2. The van der Waals surface area contributed by atoms with E-state index in [1.54, 1.807) is 22.7 Å². The fraction of sp³-hybridized carbons (Fsp3) is 0.444. The molecule has 0 aliphatic carbocycles. The van der Waals surface area contributed by atoms with Gasteiger partial charge >= 0.3 is 0 Å². The molecule has 0 unspecified atom stereocenters. The summed E-state index contributed by atoms with van der Waals surface area (Å²) in [6.07, 6.45) is 6.51. The average molecular weight is 659 g/mol. The largest absolute Gasteiger partial charge is 0.345 e. The average Bonchev–Trinajstić information content (AvgIpc) is 3.82. The van der Waals surface area contributed by atoms with Crippen LogP contribution in [-0.2, 0) is 22.4 Å². The van der Waals surface area contributed by atoms with Crippen LogP contribution in [0, 0.1) is 27.7 Å². The highest BCUT2D eigenvalue weighted by molar-refractivity contribution is 7.13. The molecule has 10 heteroatoms. The van der Waals surface area contributed by atoms with Gasteiger partial charge in [-0.2, -0.15) is 0 Å². The number of aromatic nitrogens is 2. The van der Waals surface area contributed by atoms with Crippen LogP contribution < -0.4 is 9.80 Å². The summed E-state index contributed by atoms with van der Waals surface area (Å²) in [7, 11) is 0. The molecule has 6 rings (SSSR count). The fourth-order valence-electron chi connectivity index (χ4n) is 5.78. The summed E-state index contributed by atoms with van der Waals surface area (Å²) in [5, 5.41) is 6.12. The van der Waals surface area contributed by atoms with E-state index in [1.807, 2.05) is 33.0 Å². The molecule has 0 radical (unpaired) electrons. The highest BCUT2D eigenvalue weighted by Gasteiger charge is 2.23. The Kier molecular flexibility index (Phi) is 11.8. The van der Waals surface area contributed by atoms with Gasteiger partial charge in [0, 0.05) is 88.4 Å². The third kappa shape index (κ3) is 9.16. The Morgan fingerprint density at radius 3 is 1.30 bits per heavy atom. The van der Waals surface area contributed by atoms with Crippen molar-refractivity contribution in [1.29, 1.82) is 0 Å². The molecule has 4 aromatic rings. The van der Waals surface area contributed by atoms with Crippen molar-refractivity contribution in [1.82, 2.24) is 19.8 Å². The minimum absolute atomic E-state index is 0.266. The van der Waals surface area contributed by atoms with Crippen LogP contribution in [0.5, 0.6) is 0 Å². The molecule has 2 aromatic carbocycles. The second-order valence-corrected chi connectivity index (χ2v) is 13.9. The van der Waals surface area contributed by atoms with Crippen LogP contribution in [-0.4, -0.2) is 83.9 Å². The number of hydrogen-bond acceptors (Lipinski definition) is 8. The molecular weight excluding hydrogens is 613 g/mol. The lowest BCUT2D eigenvalue weighted by Gasteiger charge is -2.34. The minimum Gasteiger partial charge on any atom is -0.345 e. The molecule has 4 heterocycles. The van der Waals surface area contributed by atoms with Gasteiger partial charge in [0.1, 0.15) is 0 Å². The molecule has 2 aliphatic heterocycles. The van der Waals surface area contributed by atoms with E-state index in [-0.39, 0.29) is 11.8 Å². The molecule has 0 bridgehead atoms. The number of benzene rings is 2. The van der Waals surface area contributed by atoms with Crippen molar-refractivity contribution in [3.05, 3.63) is 92.9 Å². The van der Waals surface area contributed by atoms with Crippen LogP contribution in [0.2, 0.25) is 0 Å². The molecule has 2 amide bonds. The molecule has 2 fully saturated rings. The zero-order valence-electron chi connectivity index (χ0n) is 27.6. The van der Waals surface area contributed by atoms with E-state index >= 15 is 0 Å². The molecule has 2 aromatic heterocycles. The van der Waals surface area contributed by atoms with Crippen molar-refractivity contribution in [2.24, 2.45) is 0 Å². The molecule has 2 aliphatic rings. The smallest absolute Gasteiger partial charge is 0.223 e. The Hall–Kier alpha value is -3.76. The molecule has 0 atom stereocenters. The zero-order valence-corrected chi connectivity index (χ0v) is 29.2. The van der Waals surface area contributed by atoms with E-state index < -0.39 is 0 Å². The first kappa shape index (κ1) is 33.6. The maximum atomic E-state index is 12.4. The Morgan fingerprint density at radius 2 is 0.978 bits per heavy atom. The topological polar surface area (TPSA) is 72.9 Å². The molecule has 46 heavy (non-hydrogen) atoms. The highest BCUT2D eigenvalue weighted by atomic mass is 32.1. The van der Waals surface area contributed by atoms with E-state index in [2.05, 4.69) is 83.9 Å². The second-order valence-electron chi connectivity index (χ2n) is 12.2. The Balaban J connectivity index is 0.000000181. The monoisotopic (exact) mass is 658 g/mol. The van der Waals surface area contributed by atoms with Crippen LogP contribution >= 0.6 is 22.7 Å². The summed E-state index contributed by atoms with van der Waals surface area (Å²) < 4.78 is 0. The third-order valence-electron chi connectivity index (χ3n) is 9.04. The summed E-state index contributed by atoms with van der Waals surface area (Å²) in [6, 6.07) is 12.9. The number of amides is 2. The minimum atomic E-state index is 0.266. The quantitative estimate of drug-likeness (QED) is 0.229.